The van der Waals surface area contributed by atoms with E-state index < -0.39 is 24.5 Å². The summed E-state index contributed by atoms with van der Waals surface area (Å²) in [6.45, 7) is 3.57. The number of hydrogen-bond donors (Lipinski definition) is 5. The van der Waals surface area contributed by atoms with Crippen LogP contribution in [0.4, 0.5) is 11.4 Å². The molecule has 1 unspecified atom stereocenters. The van der Waals surface area contributed by atoms with E-state index in [1.807, 2.05) is 26.0 Å². The van der Waals surface area contributed by atoms with Crippen molar-refractivity contribution in [2.75, 3.05) is 17.7 Å². The molecular weight excluding hydrogens is 284 g/mol. The van der Waals surface area contributed by atoms with Crippen molar-refractivity contribution in [3.63, 3.8) is 0 Å². The minimum atomic E-state index is -1.12. The minimum Gasteiger partial charge on any atom is -0.397 e. The van der Waals surface area contributed by atoms with Crippen LogP contribution in [0.1, 0.15) is 11.1 Å². The molecule has 1 heterocycles. The van der Waals surface area contributed by atoms with Crippen LogP contribution in [0, 0.1) is 13.8 Å². The quantitative estimate of drug-likeness (QED) is 0.509. The zero-order chi connectivity index (χ0) is 14.2. The van der Waals surface area contributed by atoms with E-state index in [0.29, 0.717) is 11.4 Å². The van der Waals surface area contributed by atoms with Gasteiger partial charge in [0.25, 0.3) is 0 Å². The van der Waals surface area contributed by atoms with Crippen LogP contribution in [0.25, 0.3) is 0 Å². The van der Waals surface area contributed by atoms with Crippen molar-refractivity contribution >= 4 is 23.8 Å². The molecule has 4 atom stereocenters. The smallest absolute Gasteiger partial charge is 0.157 e. The fourth-order valence-corrected chi connectivity index (χ4v) is 2.14. The van der Waals surface area contributed by atoms with Gasteiger partial charge < -0.3 is 31.1 Å². The van der Waals surface area contributed by atoms with Crippen molar-refractivity contribution in [2.45, 2.75) is 38.4 Å². The SMILES string of the molecule is Cc1cc(N)c(NC2O[C@H](CO)[C@@H](O)[C@H]2O)cc1C.Cl. The van der Waals surface area contributed by atoms with Crippen LogP contribution in [0.15, 0.2) is 12.1 Å². The third kappa shape index (κ3) is 3.16. The molecule has 1 aliphatic rings. The molecule has 0 bridgehead atoms. The number of aliphatic hydroxyl groups excluding tert-OH is 3. The Bertz CT molecular complexity index is 472. The maximum Gasteiger partial charge on any atom is 0.157 e. The second kappa shape index (κ2) is 6.60. The molecule has 6 N–H and O–H groups in total. The Morgan fingerprint density at radius 2 is 1.80 bits per heavy atom. The summed E-state index contributed by atoms with van der Waals surface area (Å²) in [6, 6.07) is 3.69. The van der Waals surface area contributed by atoms with Crippen molar-refractivity contribution in [2.24, 2.45) is 0 Å². The number of aryl methyl sites for hydroxylation is 2. The number of hydrogen-bond acceptors (Lipinski definition) is 6. The summed E-state index contributed by atoms with van der Waals surface area (Å²) in [5, 5.41) is 31.5. The van der Waals surface area contributed by atoms with E-state index >= 15 is 0 Å². The van der Waals surface area contributed by atoms with Gasteiger partial charge in [0.1, 0.15) is 18.3 Å². The highest BCUT2D eigenvalue weighted by Crippen LogP contribution is 2.28. The number of nitrogens with two attached hydrogens (primary N) is 1. The highest BCUT2D eigenvalue weighted by atomic mass is 35.5. The van der Waals surface area contributed by atoms with E-state index in [4.69, 9.17) is 15.6 Å². The molecule has 1 aromatic rings. The molecule has 0 aliphatic carbocycles. The highest BCUT2D eigenvalue weighted by molar-refractivity contribution is 5.85. The predicted molar refractivity (Wildman–Crippen MR) is 79.0 cm³/mol. The second-order valence-corrected chi connectivity index (χ2v) is 4.93. The zero-order valence-electron chi connectivity index (χ0n) is 11.4. The van der Waals surface area contributed by atoms with Gasteiger partial charge >= 0.3 is 0 Å². The van der Waals surface area contributed by atoms with Gasteiger partial charge in [-0.3, -0.25) is 0 Å². The summed E-state index contributed by atoms with van der Waals surface area (Å²) < 4.78 is 5.35. The summed E-state index contributed by atoms with van der Waals surface area (Å²) >= 11 is 0. The van der Waals surface area contributed by atoms with Gasteiger partial charge in [0, 0.05) is 0 Å². The number of anilines is 2. The number of nitrogen functional groups attached to an aromatic ring is 1. The molecule has 114 valence electrons. The molecule has 1 fully saturated rings. The van der Waals surface area contributed by atoms with E-state index in [0.717, 1.165) is 11.1 Å². The first-order valence-corrected chi connectivity index (χ1v) is 6.19. The highest BCUT2D eigenvalue weighted by Gasteiger charge is 2.42. The average molecular weight is 305 g/mol. The molecule has 0 amide bonds. The fourth-order valence-electron chi connectivity index (χ4n) is 2.14. The lowest BCUT2D eigenvalue weighted by molar-refractivity contribution is -0.0153. The number of aliphatic hydroxyl groups is 3. The number of nitrogens with one attached hydrogen (secondary N) is 1. The number of ether oxygens (including phenoxy) is 1. The number of benzene rings is 1. The molecule has 2 rings (SSSR count). The third-order valence-corrected chi connectivity index (χ3v) is 3.51. The lowest BCUT2D eigenvalue weighted by Gasteiger charge is -2.20. The Morgan fingerprint density at radius 3 is 2.35 bits per heavy atom. The minimum absolute atomic E-state index is 0. The van der Waals surface area contributed by atoms with E-state index in [9.17, 15) is 10.2 Å². The topological polar surface area (TPSA) is 108 Å². The van der Waals surface area contributed by atoms with Crippen LogP contribution in [-0.4, -0.2) is 46.5 Å². The lowest BCUT2D eigenvalue weighted by Crippen LogP contribution is -2.36. The van der Waals surface area contributed by atoms with E-state index in [1.165, 1.54) is 0 Å². The summed E-state index contributed by atoms with van der Waals surface area (Å²) in [5.41, 5.74) is 9.22. The van der Waals surface area contributed by atoms with Gasteiger partial charge in [-0.25, -0.2) is 0 Å². The Balaban J connectivity index is 0.00000200. The van der Waals surface area contributed by atoms with Crippen LogP contribution in [0.2, 0.25) is 0 Å². The average Bonchev–Trinajstić information content (AvgIpc) is 2.63. The molecule has 20 heavy (non-hydrogen) atoms. The van der Waals surface area contributed by atoms with Gasteiger partial charge in [0.15, 0.2) is 6.23 Å². The molecule has 0 spiro atoms. The summed E-state index contributed by atoms with van der Waals surface area (Å²) in [5.74, 6) is 0. The van der Waals surface area contributed by atoms with Gasteiger partial charge in [-0.05, 0) is 37.1 Å². The molecule has 6 nitrogen and oxygen atoms in total. The van der Waals surface area contributed by atoms with Crippen LogP contribution in [0.3, 0.4) is 0 Å². The molecule has 0 saturated carbocycles. The van der Waals surface area contributed by atoms with Crippen molar-refractivity contribution < 1.29 is 20.1 Å². The Labute approximate surface area is 124 Å². The van der Waals surface area contributed by atoms with Gasteiger partial charge in [-0.15, -0.1) is 12.4 Å². The fraction of sp³-hybridized carbons (Fsp3) is 0.538. The first-order chi connectivity index (χ1) is 8.93. The Hall–Kier alpha value is -1.05. The second-order valence-electron chi connectivity index (χ2n) is 4.93. The van der Waals surface area contributed by atoms with Gasteiger partial charge in [-0.2, -0.15) is 0 Å². The van der Waals surface area contributed by atoms with E-state index in [-0.39, 0.29) is 19.0 Å². The summed E-state index contributed by atoms with van der Waals surface area (Å²) in [7, 11) is 0. The Kier molecular flexibility index (Phi) is 5.61. The van der Waals surface area contributed by atoms with Crippen LogP contribution < -0.4 is 11.1 Å². The maximum absolute atomic E-state index is 9.85. The lowest BCUT2D eigenvalue weighted by atomic mass is 10.1. The molecule has 0 aromatic heterocycles. The van der Waals surface area contributed by atoms with E-state index in [1.54, 1.807) is 0 Å². The third-order valence-electron chi connectivity index (χ3n) is 3.51. The Morgan fingerprint density at radius 1 is 1.20 bits per heavy atom. The van der Waals surface area contributed by atoms with Gasteiger partial charge in [-0.1, -0.05) is 0 Å². The normalized spacial score (nSPS) is 29.1. The van der Waals surface area contributed by atoms with Crippen molar-refractivity contribution in [1.82, 2.24) is 0 Å². The number of rotatable bonds is 3. The summed E-state index contributed by atoms with van der Waals surface area (Å²) in [4.78, 5) is 0. The number of halogens is 1. The van der Waals surface area contributed by atoms with Crippen molar-refractivity contribution in [3.8, 4) is 0 Å². The van der Waals surface area contributed by atoms with Crippen molar-refractivity contribution in [1.29, 1.82) is 0 Å². The standard InChI is InChI=1S/C13H20N2O4.ClH/c1-6-3-8(14)9(4-7(6)2)15-13-12(18)11(17)10(5-16)19-13;/h3-4,10-13,15-18H,5,14H2,1-2H3;1H/t10-,11-,12-,13?;/m1./s1. The molecule has 1 aromatic carbocycles. The van der Waals surface area contributed by atoms with E-state index in [2.05, 4.69) is 5.32 Å². The van der Waals surface area contributed by atoms with Gasteiger partial charge in [0.05, 0.1) is 18.0 Å². The first kappa shape index (κ1) is 17.0. The molecule has 0 radical (unpaired) electrons. The molecular formula is C13H21ClN2O4. The predicted octanol–water partition coefficient (Wildman–Crippen LogP) is 0.158. The molecule has 7 heteroatoms. The zero-order valence-corrected chi connectivity index (χ0v) is 12.2. The maximum atomic E-state index is 9.85. The molecule has 1 saturated heterocycles. The largest absolute Gasteiger partial charge is 0.397 e. The van der Waals surface area contributed by atoms with Crippen LogP contribution >= 0.6 is 12.4 Å². The molecule has 1 aliphatic heterocycles. The first-order valence-electron chi connectivity index (χ1n) is 6.19. The van der Waals surface area contributed by atoms with Crippen LogP contribution in [-0.2, 0) is 4.74 Å². The van der Waals surface area contributed by atoms with Crippen molar-refractivity contribution in [3.05, 3.63) is 23.3 Å². The monoisotopic (exact) mass is 304 g/mol. The van der Waals surface area contributed by atoms with Gasteiger partial charge in [0.2, 0.25) is 0 Å². The van der Waals surface area contributed by atoms with Crippen LogP contribution in [0.5, 0.6) is 0 Å². The summed E-state index contributed by atoms with van der Waals surface area (Å²) in [6.07, 6.45) is -3.81.